The molecular weight excluding hydrogens is 214 g/mol. The van der Waals surface area contributed by atoms with Gasteiger partial charge >= 0.3 is 23.1 Å². The maximum absolute atomic E-state index is 12.2. The largest absolute Gasteiger partial charge is 0.316 e. The zero-order valence-corrected chi connectivity index (χ0v) is 5.95. The van der Waals surface area contributed by atoms with Crippen molar-refractivity contribution in [3.05, 3.63) is 34.3 Å². The first-order chi connectivity index (χ1) is 4.20. The molecule has 0 aliphatic rings. The van der Waals surface area contributed by atoms with Gasteiger partial charge in [-0.25, -0.2) is 8.78 Å². The fourth-order valence-electron chi connectivity index (χ4n) is 0.470. The van der Waals surface area contributed by atoms with Crippen LogP contribution in [0.3, 0.4) is 0 Å². The van der Waals surface area contributed by atoms with Gasteiger partial charge in [-0.2, -0.15) is 0 Å². The summed E-state index contributed by atoms with van der Waals surface area (Å²) in [7, 11) is 0. The van der Waals surface area contributed by atoms with Crippen LogP contribution >= 0.6 is 15.9 Å². The van der Waals surface area contributed by atoms with Crippen LogP contribution in [0.1, 0.15) is 0 Å². The van der Waals surface area contributed by atoms with E-state index in [1.54, 1.807) is 0 Å². The molecule has 0 amide bonds. The number of benzene rings is 1. The van der Waals surface area contributed by atoms with Crippen LogP contribution in [0.5, 0.6) is 0 Å². The van der Waals surface area contributed by atoms with Gasteiger partial charge in [0.1, 0.15) is 0 Å². The second-order valence-electron chi connectivity index (χ2n) is 1.56. The van der Waals surface area contributed by atoms with E-state index in [0.717, 1.165) is 12.1 Å². The SMILES string of the molecule is Fc1ccc(Br)cc1F.[MgH2]. The van der Waals surface area contributed by atoms with Crippen molar-refractivity contribution in [2.24, 2.45) is 0 Å². The Morgan fingerprint density at radius 1 is 1.10 bits per heavy atom. The van der Waals surface area contributed by atoms with Crippen LogP contribution in [-0.2, 0) is 0 Å². The Labute approximate surface area is 81.9 Å². The summed E-state index contributed by atoms with van der Waals surface area (Å²) in [5.74, 6) is -1.65. The molecule has 1 aromatic carbocycles. The maximum atomic E-state index is 12.2. The monoisotopic (exact) mass is 218 g/mol. The van der Waals surface area contributed by atoms with Gasteiger partial charge in [0.15, 0.2) is 11.6 Å². The lowest BCUT2D eigenvalue weighted by Crippen LogP contribution is -1.80. The van der Waals surface area contributed by atoms with Crippen LogP contribution in [-0.4, -0.2) is 23.1 Å². The van der Waals surface area contributed by atoms with Gasteiger partial charge in [-0.1, -0.05) is 15.9 Å². The van der Waals surface area contributed by atoms with E-state index < -0.39 is 11.6 Å². The average Bonchev–Trinajstić information content (AvgIpc) is 1.80. The lowest BCUT2D eigenvalue weighted by Gasteiger charge is -1.90. The molecule has 52 valence electrons. The molecule has 1 aromatic rings. The van der Waals surface area contributed by atoms with Crippen LogP contribution in [0.2, 0.25) is 0 Å². The number of hydrogen-bond donors (Lipinski definition) is 0. The molecule has 0 bridgehead atoms. The van der Waals surface area contributed by atoms with Crippen molar-refractivity contribution in [2.45, 2.75) is 0 Å². The van der Waals surface area contributed by atoms with Crippen molar-refractivity contribution in [2.75, 3.05) is 0 Å². The standard InChI is InChI=1S/C6H3BrF2.Mg.2H/c7-4-1-2-5(8)6(9)3-4;;;/h1-3H;;;. The highest BCUT2D eigenvalue weighted by Crippen LogP contribution is 2.13. The highest BCUT2D eigenvalue weighted by Gasteiger charge is 1.98. The second-order valence-corrected chi connectivity index (χ2v) is 2.47. The number of halogens is 3. The molecule has 0 nitrogen and oxygen atoms in total. The predicted octanol–water partition coefficient (Wildman–Crippen LogP) is 1.81. The van der Waals surface area contributed by atoms with Gasteiger partial charge in [-0.3, -0.25) is 0 Å². The Hall–Kier alpha value is 0.326. The second kappa shape index (κ2) is 4.26. The molecule has 0 unspecified atom stereocenters. The molecule has 0 spiro atoms. The first-order valence-corrected chi connectivity index (χ1v) is 3.10. The zero-order valence-electron chi connectivity index (χ0n) is 4.37. The Bertz CT molecular complexity index is 227. The third-order valence-corrected chi connectivity index (χ3v) is 1.37. The van der Waals surface area contributed by atoms with E-state index in [4.69, 9.17) is 0 Å². The van der Waals surface area contributed by atoms with Crippen LogP contribution in [0.25, 0.3) is 0 Å². The van der Waals surface area contributed by atoms with Crippen LogP contribution in [0.4, 0.5) is 8.78 Å². The van der Waals surface area contributed by atoms with Crippen LogP contribution < -0.4 is 0 Å². The van der Waals surface area contributed by atoms with Crippen molar-refractivity contribution >= 4 is 39.0 Å². The number of hydrogen-bond acceptors (Lipinski definition) is 0. The molecule has 0 radical (unpaired) electrons. The molecule has 0 saturated carbocycles. The number of rotatable bonds is 0. The molecular formula is C6H5BrF2Mg. The summed E-state index contributed by atoms with van der Waals surface area (Å²) in [6.45, 7) is 0. The Morgan fingerprint density at radius 2 is 1.70 bits per heavy atom. The molecule has 0 saturated heterocycles. The maximum Gasteiger partial charge on any atom is 0.316 e. The fourth-order valence-corrected chi connectivity index (χ4v) is 0.804. The van der Waals surface area contributed by atoms with E-state index in [0.29, 0.717) is 4.47 Å². The van der Waals surface area contributed by atoms with Crippen molar-refractivity contribution in [3.8, 4) is 0 Å². The van der Waals surface area contributed by atoms with Gasteiger partial charge in [-0.05, 0) is 18.2 Å². The molecule has 1 rings (SSSR count). The summed E-state index contributed by atoms with van der Waals surface area (Å²) >= 11 is 2.99. The summed E-state index contributed by atoms with van der Waals surface area (Å²) in [5.41, 5.74) is 0. The van der Waals surface area contributed by atoms with Crippen LogP contribution in [0.15, 0.2) is 22.7 Å². The smallest absolute Gasteiger partial charge is 0.204 e. The normalized spacial score (nSPS) is 8.70. The highest BCUT2D eigenvalue weighted by atomic mass is 79.9. The molecule has 0 heterocycles. The van der Waals surface area contributed by atoms with E-state index in [-0.39, 0.29) is 23.1 Å². The Morgan fingerprint density at radius 3 is 2.10 bits per heavy atom. The topological polar surface area (TPSA) is 0 Å². The summed E-state index contributed by atoms with van der Waals surface area (Å²) in [6.07, 6.45) is 0. The van der Waals surface area contributed by atoms with Gasteiger partial charge in [0.25, 0.3) is 0 Å². The van der Waals surface area contributed by atoms with Gasteiger partial charge in [0.2, 0.25) is 0 Å². The molecule has 0 aliphatic carbocycles. The third kappa shape index (κ3) is 2.52. The molecule has 0 aromatic heterocycles. The quantitative estimate of drug-likeness (QED) is 0.461. The minimum atomic E-state index is -0.829. The van der Waals surface area contributed by atoms with Crippen molar-refractivity contribution in [3.63, 3.8) is 0 Å². The Balaban J connectivity index is 0.000000810. The van der Waals surface area contributed by atoms with Crippen molar-refractivity contribution in [1.82, 2.24) is 0 Å². The summed E-state index contributed by atoms with van der Waals surface area (Å²) in [5, 5.41) is 0. The highest BCUT2D eigenvalue weighted by molar-refractivity contribution is 9.10. The van der Waals surface area contributed by atoms with Crippen molar-refractivity contribution in [1.29, 1.82) is 0 Å². The van der Waals surface area contributed by atoms with E-state index in [1.165, 1.54) is 6.07 Å². The molecule has 4 heteroatoms. The van der Waals surface area contributed by atoms with E-state index in [1.807, 2.05) is 0 Å². The Kier molecular flexibility index (Phi) is 4.39. The van der Waals surface area contributed by atoms with Gasteiger partial charge in [-0.15, -0.1) is 0 Å². The summed E-state index contributed by atoms with van der Waals surface area (Å²) in [6, 6.07) is 3.59. The van der Waals surface area contributed by atoms with E-state index >= 15 is 0 Å². The summed E-state index contributed by atoms with van der Waals surface area (Å²) in [4.78, 5) is 0. The van der Waals surface area contributed by atoms with E-state index in [9.17, 15) is 8.78 Å². The first-order valence-electron chi connectivity index (χ1n) is 2.30. The summed E-state index contributed by atoms with van der Waals surface area (Å²) < 4.78 is 24.8. The van der Waals surface area contributed by atoms with E-state index in [2.05, 4.69) is 15.9 Å². The van der Waals surface area contributed by atoms with Gasteiger partial charge < -0.3 is 0 Å². The zero-order chi connectivity index (χ0) is 6.85. The predicted molar refractivity (Wildman–Crippen MR) is 42.6 cm³/mol. The third-order valence-electron chi connectivity index (χ3n) is 0.882. The minimum Gasteiger partial charge on any atom is -0.204 e. The fraction of sp³-hybridized carbons (Fsp3) is 0. The molecule has 10 heavy (non-hydrogen) atoms. The average molecular weight is 219 g/mol. The molecule has 0 aliphatic heterocycles. The van der Waals surface area contributed by atoms with Gasteiger partial charge in [0.05, 0.1) is 0 Å². The lowest BCUT2D eigenvalue weighted by atomic mass is 10.3. The van der Waals surface area contributed by atoms with Crippen molar-refractivity contribution < 1.29 is 8.78 Å². The van der Waals surface area contributed by atoms with Gasteiger partial charge in [0, 0.05) is 4.47 Å². The molecule has 0 atom stereocenters. The first kappa shape index (κ1) is 10.3. The minimum absolute atomic E-state index is 0. The molecule has 0 fully saturated rings. The molecule has 0 N–H and O–H groups in total. The van der Waals surface area contributed by atoms with Crippen LogP contribution in [0, 0.1) is 11.6 Å². The lowest BCUT2D eigenvalue weighted by molar-refractivity contribution is 0.508.